The molecule has 3 unspecified atom stereocenters. The molecule has 186 valence electrons. The standard InChI is InChI=1S/C23H30F3N5O2S/c1-29-21(20-15-32-10-11-33-20)27-28-22(29)34-12-2-8-30-13-16-7-9-31(19(16)14-30)18-5-3-17(4-6-18)23(24,25)26/h3-6,16,19-20H,2,7-15H2,1H3. The van der Waals surface area contributed by atoms with E-state index in [2.05, 4.69) is 20.0 Å². The Morgan fingerprint density at radius 2 is 1.94 bits per heavy atom. The molecule has 3 saturated heterocycles. The van der Waals surface area contributed by atoms with Crippen LogP contribution in [0.25, 0.3) is 0 Å². The number of aromatic nitrogens is 3. The molecule has 34 heavy (non-hydrogen) atoms. The first kappa shape index (κ1) is 23.9. The number of thioether (sulfide) groups is 1. The van der Waals surface area contributed by atoms with Crippen molar-refractivity contribution < 1.29 is 22.6 Å². The predicted molar refractivity (Wildman–Crippen MR) is 123 cm³/mol. The van der Waals surface area contributed by atoms with E-state index in [4.69, 9.17) is 9.47 Å². The van der Waals surface area contributed by atoms with Gasteiger partial charge in [-0.2, -0.15) is 13.2 Å². The van der Waals surface area contributed by atoms with Crippen LogP contribution in [-0.4, -0.2) is 77.5 Å². The zero-order valence-electron chi connectivity index (χ0n) is 19.2. The molecule has 0 spiro atoms. The van der Waals surface area contributed by atoms with E-state index in [1.54, 1.807) is 23.9 Å². The zero-order valence-corrected chi connectivity index (χ0v) is 20.0. The minimum atomic E-state index is -4.29. The molecule has 0 saturated carbocycles. The number of ether oxygens (including phenoxy) is 2. The molecule has 3 atom stereocenters. The minimum absolute atomic E-state index is 0.155. The van der Waals surface area contributed by atoms with Crippen LogP contribution in [0.3, 0.4) is 0 Å². The molecular formula is C23H30F3N5O2S. The number of hydrogen-bond acceptors (Lipinski definition) is 7. The van der Waals surface area contributed by atoms with Crippen molar-refractivity contribution in [2.75, 3.05) is 56.7 Å². The van der Waals surface area contributed by atoms with Crippen molar-refractivity contribution in [2.45, 2.75) is 36.3 Å². The molecule has 0 radical (unpaired) electrons. The molecule has 3 aliphatic rings. The normalized spacial score (nSPS) is 25.8. The van der Waals surface area contributed by atoms with Gasteiger partial charge in [-0.1, -0.05) is 11.8 Å². The lowest BCUT2D eigenvalue weighted by Gasteiger charge is -2.27. The van der Waals surface area contributed by atoms with E-state index >= 15 is 0 Å². The van der Waals surface area contributed by atoms with Crippen molar-refractivity contribution in [3.05, 3.63) is 35.7 Å². The average Bonchev–Trinajstić information content (AvgIpc) is 3.51. The van der Waals surface area contributed by atoms with Crippen molar-refractivity contribution >= 4 is 17.4 Å². The minimum Gasteiger partial charge on any atom is -0.376 e. The maximum Gasteiger partial charge on any atom is 0.416 e. The van der Waals surface area contributed by atoms with Gasteiger partial charge in [0.15, 0.2) is 11.0 Å². The van der Waals surface area contributed by atoms with Gasteiger partial charge in [0.1, 0.15) is 6.10 Å². The highest BCUT2D eigenvalue weighted by Gasteiger charge is 2.41. The van der Waals surface area contributed by atoms with Gasteiger partial charge >= 0.3 is 6.18 Å². The third kappa shape index (κ3) is 5.07. The van der Waals surface area contributed by atoms with E-state index in [1.807, 2.05) is 11.6 Å². The maximum atomic E-state index is 12.9. The van der Waals surface area contributed by atoms with Crippen LogP contribution in [0.4, 0.5) is 18.9 Å². The molecule has 7 nitrogen and oxygen atoms in total. The fourth-order valence-electron chi connectivity index (χ4n) is 5.21. The fourth-order valence-corrected chi connectivity index (χ4v) is 6.06. The Balaban J connectivity index is 1.09. The Morgan fingerprint density at radius 1 is 1.12 bits per heavy atom. The van der Waals surface area contributed by atoms with Crippen LogP contribution < -0.4 is 4.90 Å². The Hall–Kier alpha value is -1.82. The third-order valence-electron chi connectivity index (χ3n) is 6.97. The number of hydrogen-bond donors (Lipinski definition) is 0. The molecule has 0 aliphatic carbocycles. The molecule has 2 aromatic rings. The summed E-state index contributed by atoms with van der Waals surface area (Å²) >= 11 is 1.70. The summed E-state index contributed by atoms with van der Waals surface area (Å²) < 4.78 is 51.9. The van der Waals surface area contributed by atoms with Gasteiger partial charge in [0.2, 0.25) is 0 Å². The first-order valence-electron chi connectivity index (χ1n) is 11.8. The number of nitrogens with zero attached hydrogens (tertiary/aromatic N) is 5. The van der Waals surface area contributed by atoms with E-state index in [0.29, 0.717) is 31.8 Å². The van der Waals surface area contributed by atoms with Gasteiger partial charge in [0, 0.05) is 44.2 Å². The summed E-state index contributed by atoms with van der Waals surface area (Å²) in [5, 5.41) is 9.51. The third-order valence-corrected chi connectivity index (χ3v) is 8.08. The van der Waals surface area contributed by atoms with Crippen LogP contribution in [0.1, 0.15) is 30.3 Å². The van der Waals surface area contributed by atoms with Gasteiger partial charge in [-0.3, -0.25) is 0 Å². The van der Waals surface area contributed by atoms with Crippen LogP contribution in [0.15, 0.2) is 29.4 Å². The lowest BCUT2D eigenvalue weighted by Crippen LogP contribution is -2.35. The zero-order chi connectivity index (χ0) is 23.7. The summed E-state index contributed by atoms with van der Waals surface area (Å²) in [5.74, 6) is 2.33. The largest absolute Gasteiger partial charge is 0.416 e. The Morgan fingerprint density at radius 3 is 2.68 bits per heavy atom. The Kier molecular flexibility index (Phi) is 7.06. The van der Waals surface area contributed by atoms with Gasteiger partial charge in [0.25, 0.3) is 0 Å². The van der Waals surface area contributed by atoms with E-state index in [9.17, 15) is 13.2 Å². The highest BCUT2D eigenvalue weighted by Crippen LogP contribution is 2.37. The van der Waals surface area contributed by atoms with Crippen LogP contribution in [0.5, 0.6) is 0 Å². The first-order valence-corrected chi connectivity index (χ1v) is 12.8. The van der Waals surface area contributed by atoms with Crippen molar-refractivity contribution in [1.82, 2.24) is 19.7 Å². The molecule has 0 N–H and O–H groups in total. The van der Waals surface area contributed by atoms with Crippen molar-refractivity contribution in [3.8, 4) is 0 Å². The van der Waals surface area contributed by atoms with Gasteiger partial charge in [-0.15, -0.1) is 10.2 Å². The highest BCUT2D eigenvalue weighted by molar-refractivity contribution is 7.99. The SMILES string of the molecule is Cn1c(SCCCN2CC3CCN(c4ccc(C(F)(F)F)cc4)C3C2)nnc1C1COCCO1. The van der Waals surface area contributed by atoms with Gasteiger partial charge < -0.3 is 23.8 Å². The van der Waals surface area contributed by atoms with Gasteiger partial charge in [-0.25, -0.2) is 0 Å². The van der Waals surface area contributed by atoms with Gasteiger partial charge in [0.05, 0.1) is 25.4 Å². The first-order chi connectivity index (χ1) is 16.4. The number of fused-ring (bicyclic) bond motifs is 1. The molecule has 11 heteroatoms. The van der Waals surface area contributed by atoms with Crippen molar-refractivity contribution in [2.24, 2.45) is 13.0 Å². The molecule has 5 rings (SSSR count). The highest BCUT2D eigenvalue weighted by atomic mass is 32.2. The molecule has 4 heterocycles. The summed E-state index contributed by atoms with van der Waals surface area (Å²) in [5.41, 5.74) is 0.301. The summed E-state index contributed by atoms with van der Waals surface area (Å²) in [6.45, 7) is 5.64. The number of halogens is 3. The number of benzene rings is 1. The van der Waals surface area contributed by atoms with Crippen molar-refractivity contribution in [3.63, 3.8) is 0 Å². The smallest absolute Gasteiger partial charge is 0.376 e. The molecule has 3 fully saturated rings. The van der Waals surface area contributed by atoms with E-state index < -0.39 is 11.7 Å². The summed E-state index contributed by atoms with van der Waals surface area (Å²) in [6, 6.07) is 5.99. The maximum absolute atomic E-state index is 12.9. The Labute approximate surface area is 201 Å². The summed E-state index contributed by atoms with van der Waals surface area (Å²) in [7, 11) is 1.97. The lowest BCUT2D eigenvalue weighted by molar-refractivity contribution is -0.137. The van der Waals surface area contributed by atoms with Crippen LogP contribution in [-0.2, 0) is 22.7 Å². The number of alkyl halides is 3. The topological polar surface area (TPSA) is 55.7 Å². The summed E-state index contributed by atoms with van der Waals surface area (Å²) in [6.07, 6.45) is -2.32. The lowest BCUT2D eigenvalue weighted by atomic mass is 10.0. The molecule has 1 aromatic heterocycles. The number of likely N-dealkylation sites (tertiary alicyclic amines) is 1. The van der Waals surface area contributed by atoms with E-state index in [-0.39, 0.29) is 6.10 Å². The number of rotatable bonds is 7. The van der Waals surface area contributed by atoms with E-state index in [1.165, 1.54) is 12.1 Å². The molecule has 3 aliphatic heterocycles. The second kappa shape index (κ2) is 10.0. The average molecular weight is 498 g/mol. The van der Waals surface area contributed by atoms with E-state index in [0.717, 1.165) is 61.4 Å². The molecule has 1 aromatic carbocycles. The van der Waals surface area contributed by atoms with Crippen LogP contribution >= 0.6 is 11.8 Å². The second-order valence-electron chi connectivity index (χ2n) is 9.15. The molecule has 0 amide bonds. The van der Waals surface area contributed by atoms with Gasteiger partial charge in [-0.05, 0) is 49.6 Å². The molecule has 0 bridgehead atoms. The quantitative estimate of drug-likeness (QED) is 0.428. The predicted octanol–water partition coefficient (Wildman–Crippen LogP) is 3.61. The Bertz CT molecular complexity index is 965. The monoisotopic (exact) mass is 497 g/mol. The summed E-state index contributed by atoms with van der Waals surface area (Å²) in [4.78, 5) is 4.78. The second-order valence-corrected chi connectivity index (χ2v) is 10.2. The van der Waals surface area contributed by atoms with Crippen LogP contribution in [0.2, 0.25) is 0 Å². The molecular weight excluding hydrogens is 467 g/mol. The number of anilines is 1. The van der Waals surface area contributed by atoms with Crippen LogP contribution in [0, 0.1) is 5.92 Å². The van der Waals surface area contributed by atoms with Crippen molar-refractivity contribution in [1.29, 1.82) is 0 Å². The fraction of sp³-hybridized carbons (Fsp3) is 0.652.